The number of nitriles is 1. The summed E-state index contributed by atoms with van der Waals surface area (Å²) >= 11 is 0. The van der Waals surface area contributed by atoms with Gasteiger partial charge in [0.1, 0.15) is 47.7 Å². The predicted molar refractivity (Wildman–Crippen MR) is 314 cm³/mol. The van der Waals surface area contributed by atoms with Crippen molar-refractivity contribution in [2.24, 2.45) is 5.92 Å². The van der Waals surface area contributed by atoms with Crippen molar-refractivity contribution in [2.75, 3.05) is 36.5 Å². The van der Waals surface area contributed by atoms with Crippen LogP contribution in [-0.4, -0.2) is 136 Å². The van der Waals surface area contributed by atoms with Crippen molar-refractivity contribution in [2.45, 2.75) is 94.2 Å². The number of likely N-dealkylation sites (tertiary alicyclic amines) is 1. The molecule has 0 spiro atoms. The van der Waals surface area contributed by atoms with E-state index < -0.39 is 99.4 Å². The number of carboxylic acid groups (broad SMARTS) is 1. The zero-order valence-electron chi connectivity index (χ0n) is 47.1. The summed E-state index contributed by atoms with van der Waals surface area (Å²) in [5, 5.41) is 27.5. The number of fused-ring (bicyclic) bond motifs is 2. The van der Waals surface area contributed by atoms with Gasteiger partial charge in [-0.2, -0.15) is 5.26 Å². The number of carbonyl (C=O) groups is 7. The number of carbonyl (C=O) groups excluding carboxylic acids is 6. The number of benzene rings is 3. The molecule has 23 nitrogen and oxygen atoms in total. The molecule has 460 valence electrons. The lowest BCUT2D eigenvalue weighted by molar-refractivity contribution is -0.141. The number of ether oxygens (including phenoxy) is 3. The molecule has 3 aromatic carbocycles. The molecule has 2 fully saturated rings. The largest absolute Gasteiger partial charge is 0.508 e. The van der Waals surface area contributed by atoms with Crippen LogP contribution in [0.25, 0.3) is 33.2 Å². The van der Waals surface area contributed by atoms with Crippen molar-refractivity contribution in [3.8, 4) is 34.2 Å². The molecule has 88 heavy (non-hydrogen) atoms. The highest BCUT2D eigenvalue weighted by atomic mass is 33.1. The zero-order valence-corrected chi connectivity index (χ0v) is 49.6. The first-order valence-corrected chi connectivity index (χ1v) is 31.3. The summed E-state index contributed by atoms with van der Waals surface area (Å²) in [6.45, 7) is 0.883. The van der Waals surface area contributed by atoms with Gasteiger partial charge in [0.25, 0.3) is 15.9 Å². The van der Waals surface area contributed by atoms with Gasteiger partial charge in [-0.05, 0) is 89.2 Å². The summed E-state index contributed by atoms with van der Waals surface area (Å²) in [5.41, 5.74) is 6.57. The van der Waals surface area contributed by atoms with Crippen LogP contribution in [-0.2, 0) is 74.5 Å². The molecule has 6 aromatic rings. The normalized spacial score (nSPS) is 17.1. The van der Waals surface area contributed by atoms with Gasteiger partial charge in [-0.15, -0.1) is 0 Å². The fourth-order valence-corrected chi connectivity index (χ4v) is 13.3. The van der Waals surface area contributed by atoms with Gasteiger partial charge in [-0.3, -0.25) is 38.7 Å². The fraction of sp³-hybridized carbons (Fsp3) is 0.339. The van der Waals surface area contributed by atoms with E-state index in [0.29, 0.717) is 39.0 Å². The lowest BCUT2D eigenvalue weighted by Gasteiger charge is -2.22. The number of halogens is 3. The van der Waals surface area contributed by atoms with Crippen molar-refractivity contribution in [1.29, 1.82) is 5.26 Å². The first kappa shape index (κ1) is 63.5. The third kappa shape index (κ3) is 15.6. The number of hydrogen-bond donors (Lipinski definition) is 5. The van der Waals surface area contributed by atoms with Crippen LogP contribution in [0.2, 0.25) is 0 Å². The Balaban J connectivity index is 0.664. The second-order valence-electron chi connectivity index (χ2n) is 20.9. The van der Waals surface area contributed by atoms with Crippen molar-refractivity contribution < 1.29 is 74.5 Å². The van der Waals surface area contributed by atoms with Gasteiger partial charge >= 0.3 is 12.1 Å². The van der Waals surface area contributed by atoms with Crippen LogP contribution in [0.1, 0.15) is 60.1 Å². The van der Waals surface area contributed by atoms with Gasteiger partial charge < -0.3 is 45.1 Å². The molecule has 4 atom stereocenters. The summed E-state index contributed by atoms with van der Waals surface area (Å²) in [7, 11) is -0.718. The Morgan fingerprint density at radius 2 is 1.72 bits per heavy atom. The lowest BCUT2D eigenvalue weighted by Crippen LogP contribution is -2.46. The van der Waals surface area contributed by atoms with E-state index in [0.717, 1.165) is 43.8 Å². The molecule has 0 radical (unpaired) electrons. The number of methoxy groups -OCH3 is 1. The topological polar surface area (TPSA) is 319 Å². The standard InChI is InChI=1S/C59H57F3N10O13S3/c1-33-6-11-50(45(60)18-33)88(81,82)70-47-21-39(27-67-55(47)83-2)34-8-10-46-43(19-34)42(14-15-64-46)36-7-9-40(65-25-36)30-85-58(80)84-16-17-86-87-31-49(57(78)79)68-52(74)13-12-51(73)66-26-35-4-3-5-37-28-71(29-44(35)37)53(75)22-38-20-48(69-54(38)76)56(77)72-32-59(61,62)23-41(72)24-63/h3-11,14-15,18-19,21,25,27,38,41,48-49,70H,12-13,16-17,20,22-23,26,28-32H2,1-2H3,(H,66,73)(H,68,74)(H,69,76)(H,78,79)/t38-,41-,48?,49?/m0/s1. The van der Waals surface area contributed by atoms with Crippen molar-refractivity contribution >= 4 is 89.9 Å². The molecule has 0 aliphatic carbocycles. The van der Waals surface area contributed by atoms with Gasteiger partial charge in [0.05, 0.1) is 30.9 Å². The molecule has 0 saturated carbocycles. The summed E-state index contributed by atoms with van der Waals surface area (Å²) in [6.07, 6.45) is 2.12. The Morgan fingerprint density at radius 3 is 2.47 bits per heavy atom. The molecule has 3 aromatic heterocycles. The minimum absolute atomic E-state index is 0.00544. The second-order valence-corrected chi connectivity index (χ2v) is 25.1. The van der Waals surface area contributed by atoms with Gasteiger partial charge in [-0.25, -0.2) is 36.2 Å². The van der Waals surface area contributed by atoms with Crippen LogP contribution in [0.3, 0.4) is 0 Å². The maximum Gasteiger partial charge on any atom is 0.508 e. The SMILES string of the molecule is COc1ncc(-c2ccc3nccc(-c4ccc(COC(=O)OCCSSCC(NC(=O)CCC(=O)NCc5cccc6c5CN(C(=O)C[C@@H]5CC(C(=O)N7CC(F)(F)C[C@H]7C#N)NC5=O)C6)C(=O)O)nc4)c3c2)cc1NS(=O)(=O)c1ccc(C)cc1F. The number of carboxylic acids is 1. The maximum atomic E-state index is 14.7. The average molecular weight is 1270 g/mol. The fourth-order valence-electron chi connectivity index (χ4n) is 10.2. The Morgan fingerprint density at radius 1 is 0.932 bits per heavy atom. The molecule has 5 N–H and O–H groups in total. The molecule has 3 aliphatic rings. The quantitative estimate of drug-likeness (QED) is 0.0236. The highest BCUT2D eigenvalue weighted by Gasteiger charge is 2.50. The molecule has 5 amide bonds. The highest BCUT2D eigenvalue weighted by molar-refractivity contribution is 8.76. The average Bonchev–Trinajstić information content (AvgIpc) is 1.64. The number of anilines is 1. The highest BCUT2D eigenvalue weighted by Crippen LogP contribution is 2.37. The number of pyridine rings is 3. The number of aromatic nitrogens is 3. The molecule has 29 heteroatoms. The van der Waals surface area contributed by atoms with Crippen LogP contribution >= 0.6 is 21.6 Å². The summed E-state index contributed by atoms with van der Waals surface area (Å²) in [4.78, 5) is 104. The number of amides is 5. The summed E-state index contributed by atoms with van der Waals surface area (Å²) in [5.74, 6) is -9.02. The van der Waals surface area contributed by atoms with Crippen molar-refractivity contribution in [1.82, 2.24) is 40.7 Å². The first-order valence-electron chi connectivity index (χ1n) is 27.3. The van der Waals surface area contributed by atoms with Crippen LogP contribution in [0.5, 0.6) is 5.88 Å². The van der Waals surface area contributed by atoms with E-state index in [-0.39, 0.29) is 87.5 Å². The van der Waals surface area contributed by atoms with Crippen molar-refractivity contribution in [3.05, 3.63) is 131 Å². The molecular formula is C59H57F3N10O13S3. The maximum absolute atomic E-state index is 14.7. The lowest BCUT2D eigenvalue weighted by atomic mass is 9.98. The third-order valence-corrected chi connectivity index (χ3v) is 18.4. The summed E-state index contributed by atoms with van der Waals surface area (Å²) < 4.78 is 87.4. The van der Waals surface area contributed by atoms with Gasteiger partial charge in [0.2, 0.25) is 35.4 Å². The number of aliphatic carboxylic acids is 1. The molecule has 2 saturated heterocycles. The van der Waals surface area contributed by atoms with E-state index in [1.54, 1.807) is 67.9 Å². The van der Waals surface area contributed by atoms with Gasteiger partial charge in [-0.1, -0.05) is 58.0 Å². The van der Waals surface area contributed by atoms with Crippen LogP contribution in [0.4, 0.5) is 23.7 Å². The van der Waals surface area contributed by atoms with E-state index in [9.17, 15) is 65.5 Å². The number of aryl methyl sites for hydroxylation is 1. The number of hydrogen-bond acceptors (Lipinski definition) is 18. The van der Waals surface area contributed by atoms with Crippen LogP contribution in [0.15, 0.2) is 102 Å². The number of rotatable bonds is 24. The monoisotopic (exact) mass is 1270 g/mol. The predicted octanol–water partition coefficient (Wildman–Crippen LogP) is 6.81. The number of nitrogens with one attached hydrogen (secondary N) is 4. The molecular weight excluding hydrogens is 1210 g/mol. The Labute approximate surface area is 509 Å². The van der Waals surface area contributed by atoms with Crippen LogP contribution < -0.4 is 25.4 Å². The third-order valence-electron chi connectivity index (χ3n) is 14.7. The molecule has 0 bridgehead atoms. The van der Waals surface area contributed by atoms with Crippen LogP contribution in [0, 0.1) is 30.0 Å². The Hall–Kier alpha value is -9.01. The second kappa shape index (κ2) is 27.8. The smallest absolute Gasteiger partial charge is 0.480 e. The van der Waals surface area contributed by atoms with E-state index in [2.05, 4.69) is 35.6 Å². The number of alkyl halides is 2. The van der Waals surface area contributed by atoms with E-state index in [4.69, 9.17) is 14.2 Å². The first-order chi connectivity index (χ1) is 42.1. The van der Waals surface area contributed by atoms with E-state index in [1.165, 1.54) is 47.2 Å². The van der Waals surface area contributed by atoms with E-state index >= 15 is 0 Å². The number of nitrogens with zero attached hydrogens (tertiary/aromatic N) is 6. The molecule has 6 heterocycles. The zero-order chi connectivity index (χ0) is 62.9. The van der Waals surface area contributed by atoms with Gasteiger partial charge in [0.15, 0.2) is 0 Å². The minimum Gasteiger partial charge on any atom is -0.480 e. The Kier molecular flexibility index (Phi) is 20.0. The van der Waals surface area contributed by atoms with E-state index in [1.807, 2.05) is 12.1 Å². The Bertz CT molecular complexity index is 3860. The van der Waals surface area contributed by atoms with Crippen molar-refractivity contribution in [3.63, 3.8) is 0 Å². The van der Waals surface area contributed by atoms with Gasteiger partial charge in [0, 0.05) is 97.8 Å². The molecule has 9 rings (SSSR count). The number of sulfonamides is 1. The minimum atomic E-state index is -4.37. The summed E-state index contributed by atoms with van der Waals surface area (Å²) in [6, 6.07) is 19.4. The molecule has 3 aliphatic heterocycles. The molecule has 2 unspecified atom stereocenters.